The number of aromatic nitrogens is 2. The summed E-state index contributed by atoms with van der Waals surface area (Å²) in [5.74, 6) is 0.596. The molecule has 0 aliphatic carbocycles. The van der Waals surface area contributed by atoms with Gasteiger partial charge in [-0.2, -0.15) is 0 Å². The van der Waals surface area contributed by atoms with Crippen molar-refractivity contribution in [3.05, 3.63) is 24.3 Å². The van der Waals surface area contributed by atoms with E-state index in [0.717, 1.165) is 24.0 Å². The number of hydrogen-bond donors (Lipinski definition) is 2. The van der Waals surface area contributed by atoms with Crippen LogP contribution in [-0.4, -0.2) is 39.8 Å². The van der Waals surface area contributed by atoms with Gasteiger partial charge in [-0.3, -0.25) is 14.9 Å². The summed E-state index contributed by atoms with van der Waals surface area (Å²) in [7, 11) is 0. The standard InChI is InChI=1S/C17H22N4O2/c1-11(2)7-8-21-10-12(9-15(21)22)16(23)20-17-18-13-5-3-4-6-14(13)19-17/h3-6,11-12H,7-10H2,1-2H3,(H2,18,19,20,23). The van der Waals surface area contributed by atoms with Crippen molar-refractivity contribution in [2.24, 2.45) is 11.8 Å². The molecule has 6 heteroatoms. The zero-order valence-electron chi connectivity index (χ0n) is 13.5. The molecule has 2 amide bonds. The Hall–Kier alpha value is -2.37. The van der Waals surface area contributed by atoms with Crippen LogP contribution in [0.5, 0.6) is 0 Å². The highest BCUT2D eigenvalue weighted by atomic mass is 16.2. The molecule has 23 heavy (non-hydrogen) atoms. The smallest absolute Gasteiger partial charge is 0.232 e. The van der Waals surface area contributed by atoms with Crippen molar-refractivity contribution in [3.8, 4) is 0 Å². The van der Waals surface area contributed by atoms with Crippen LogP contribution in [0.4, 0.5) is 5.95 Å². The Kier molecular flexibility index (Phi) is 4.32. The third-order valence-electron chi connectivity index (χ3n) is 4.19. The second-order valence-electron chi connectivity index (χ2n) is 6.52. The molecule has 0 bridgehead atoms. The maximum absolute atomic E-state index is 12.4. The lowest BCUT2D eigenvalue weighted by Gasteiger charge is -2.17. The van der Waals surface area contributed by atoms with Crippen LogP contribution in [0.2, 0.25) is 0 Å². The number of imidazole rings is 1. The van der Waals surface area contributed by atoms with E-state index in [1.165, 1.54) is 0 Å². The largest absolute Gasteiger partial charge is 0.342 e. The van der Waals surface area contributed by atoms with Gasteiger partial charge in [-0.1, -0.05) is 26.0 Å². The maximum atomic E-state index is 12.4. The molecule has 1 atom stereocenters. The molecular weight excluding hydrogens is 292 g/mol. The molecule has 1 saturated heterocycles. The van der Waals surface area contributed by atoms with E-state index in [2.05, 4.69) is 29.1 Å². The third-order valence-corrected chi connectivity index (χ3v) is 4.19. The van der Waals surface area contributed by atoms with E-state index in [4.69, 9.17) is 0 Å². The van der Waals surface area contributed by atoms with Crippen molar-refractivity contribution in [2.75, 3.05) is 18.4 Å². The van der Waals surface area contributed by atoms with Crippen molar-refractivity contribution < 1.29 is 9.59 Å². The van der Waals surface area contributed by atoms with E-state index in [1.807, 2.05) is 24.3 Å². The predicted molar refractivity (Wildman–Crippen MR) is 88.9 cm³/mol. The van der Waals surface area contributed by atoms with Crippen LogP contribution >= 0.6 is 0 Å². The van der Waals surface area contributed by atoms with Crippen LogP contribution in [0.3, 0.4) is 0 Å². The minimum absolute atomic E-state index is 0.0652. The third kappa shape index (κ3) is 3.52. The highest BCUT2D eigenvalue weighted by Crippen LogP contribution is 2.21. The van der Waals surface area contributed by atoms with Gasteiger partial charge in [0.1, 0.15) is 0 Å². The fourth-order valence-corrected chi connectivity index (χ4v) is 2.81. The fourth-order valence-electron chi connectivity index (χ4n) is 2.81. The molecule has 1 unspecified atom stereocenters. The number of benzene rings is 1. The molecule has 0 spiro atoms. The van der Waals surface area contributed by atoms with Crippen LogP contribution in [0, 0.1) is 11.8 Å². The van der Waals surface area contributed by atoms with Gasteiger partial charge in [-0.05, 0) is 24.5 Å². The van der Waals surface area contributed by atoms with Gasteiger partial charge in [0.05, 0.1) is 17.0 Å². The number of amides is 2. The number of para-hydroxylation sites is 2. The molecule has 6 nitrogen and oxygen atoms in total. The molecule has 122 valence electrons. The number of anilines is 1. The second-order valence-corrected chi connectivity index (χ2v) is 6.52. The van der Waals surface area contributed by atoms with Gasteiger partial charge in [-0.15, -0.1) is 0 Å². The minimum atomic E-state index is -0.303. The van der Waals surface area contributed by atoms with E-state index < -0.39 is 0 Å². The minimum Gasteiger partial charge on any atom is -0.342 e. The van der Waals surface area contributed by atoms with E-state index in [1.54, 1.807) is 4.90 Å². The van der Waals surface area contributed by atoms with Crippen molar-refractivity contribution in [3.63, 3.8) is 0 Å². The number of likely N-dealkylation sites (tertiary alicyclic amines) is 1. The Morgan fingerprint density at radius 2 is 2.22 bits per heavy atom. The van der Waals surface area contributed by atoms with Crippen molar-refractivity contribution in [2.45, 2.75) is 26.7 Å². The molecule has 1 aliphatic heterocycles. The monoisotopic (exact) mass is 314 g/mol. The number of fused-ring (bicyclic) bond motifs is 1. The summed E-state index contributed by atoms with van der Waals surface area (Å²) >= 11 is 0. The summed E-state index contributed by atoms with van der Waals surface area (Å²) in [6.07, 6.45) is 1.24. The highest BCUT2D eigenvalue weighted by Gasteiger charge is 2.34. The SMILES string of the molecule is CC(C)CCN1CC(C(=O)Nc2nc3ccccc3[nH]2)CC1=O. The Morgan fingerprint density at radius 1 is 1.43 bits per heavy atom. The van der Waals surface area contributed by atoms with Gasteiger partial charge >= 0.3 is 0 Å². The molecule has 1 fully saturated rings. The summed E-state index contributed by atoms with van der Waals surface area (Å²) in [5, 5.41) is 2.79. The quantitative estimate of drug-likeness (QED) is 0.889. The van der Waals surface area contributed by atoms with Gasteiger partial charge in [0, 0.05) is 19.5 Å². The molecule has 3 rings (SSSR count). The van der Waals surface area contributed by atoms with Crippen molar-refractivity contribution >= 4 is 28.8 Å². The zero-order chi connectivity index (χ0) is 16.4. The first kappa shape index (κ1) is 15.5. The van der Waals surface area contributed by atoms with E-state index >= 15 is 0 Å². The number of H-pyrrole nitrogens is 1. The van der Waals surface area contributed by atoms with Crippen LogP contribution in [0.15, 0.2) is 24.3 Å². The summed E-state index contributed by atoms with van der Waals surface area (Å²) < 4.78 is 0. The molecule has 2 N–H and O–H groups in total. The Labute approximate surface area is 135 Å². The number of carbonyl (C=O) groups excluding carboxylic acids is 2. The number of carbonyl (C=O) groups is 2. The Morgan fingerprint density at radius 3 is 2.96 bits per heavy atom. The average molecular weight is 314 g/mol. The van der Waals surface area contributed by atoms with Gasteiger partial charge in [0.25, 0.3) is 0 Å². The summed E-state index contributed by atoms with van der Waals surface area (Å²) in [5.41, 5.74) is 1.69. The summed E-state index contributed by atoms with van der Waals surface area (Å²) in [4.78, 5) is 33.6. The molecule has 2 heterocycles. The topological polar surface area (TPSA) is 78.1 Å². The van der Waals surface area contributed by atoms with Crippen LogP contribution in [-0.2, 0) is 9.59 Å². The van der Waals surface area contributed by atoms with Crippen molar-refractivity contribution in [1.29, 1.82) is 0 Å². The first-order chi connectivity index (χ1) is 11.0. The number of nitrogens with zero attached hydrogens (tertiary/aromatic N) is 2. The summed E-state index contributed by atoms with van der Waals surface area (Å²) in [6.45, 7) is 5.49. The number of nitrogens with one attached hydrogen (secondary N) is 2. The lowest BCUT2D eigenvalue weighted by molar-refractivity contribution is -0.128. The van der Waals surface area contributed by atoms with E-state index in [9.17, 15) is 9.59 Å². The first-order valence-corrected chi connectivity index (χ1v) is 8.06. The highest BCUT2D eigenvalue weighted by molar-refractivity contribution is 5.97. The molecule has 2 aromatic rings. The predicted octanol–water partition coefficient (Wildman–Crippen LogP) is 2.40. The van der Waals surface area contributed by atoms with Gasteiger partial charge in [0.2, 0.25) is 17.8 Å². The Bertz CT molecular complexity index is 689. The normalized spacial score (nSPS) is 18.1. The van der Waals surface area contributed by atoms with Crippen molar-refractivity contribution in [1.82, 2.24) is 14.9 Å². The van der Waals surface area contributed by atoms with Gasteiger partial charge in [-0.25, -0.2) is 4.98 Å². The maximum Gasteiger partial charge on any atom is 0.232 e. The number of hydrogen-bond acceptors (Lipinski definition) is 3. The molecule has 0 saturated carbocycles. The van der Waals surface area contributed by atoms with Gasteiger partial charge < -0.3 is 9.88 Å². The molecule has 1 aromatic heterocycles. The molecular formula is C17H22N4O2. The molecule has 0 radical (unpaired) electrons. The lowest BCUT2D eigenvalue weighted by atomic mass is 10.1. The zero-order valence-corrected chi connectivity index (χ0v) is 13.5. The number of rotatable bonds is 5. The lowest BCUT2D eigenvalue weighted by Crippen LogP contribution is -2.29. The van der Waals surface area contributed by atoms with Gasteiger partial charge in [0.15, 0.2) is 0 Å². The number of aromatic amines is 1. The second kappa shape index (κ2) is 6.40. The molecule has 1 aromatic carbocycles. The first-order valence-electron chi connectivity index (χ1n) is 8.06. The van der Waals surface area contributed by atoms with Crippen LogP contribution in [0.1, 0.15) is 26.7 Å². The molecule has 1 aliphatic rings. The van der Waals surface area contributed by atoms with E-state index in [0.29, 0.717) is 18.4 Å². The summed E-state index contributed by atoms with van der Waals surface area (Å²) in [6, 6.07) is 7.60. The Balaban J connectivity index is 1.61. The average Bonchev–Trinajstić information content (AvgIpc) is 3.07. The van der Waals surface area contributed by atoms with Crippen LogP contribution in [0.25, 0.3) is 11.0 Å². The fraction of sp³-hybridized carbons (Fsp3) is 0.471. The van der Waals surface area contributed by atoms with Crippen LogP contribution < -0.4 is 5.32 Å². The van der Waals surface area contributed by atoms with E-state index in [-0.39, 0.29) is 24.2 Å².